The molecule has 0 aromatic rings. The highest BCUT2D eigenvalue weighted by Gasteiger charge is 2.42. The molecule has 0 N–H and O–H groups in total. The van der Waals surface area contributed by atoms with Gasteiger partial charge in [-0.2, -0.15) is 0 Å². The van der Waals surface area contributed by atoms with Crippen LogP contribution in [0.3, 0.4) is 0 Å². The molecule has 0 spiro atoms. The Hall–Kier alpha value is -1.81. The molecule has 0 aliphatic carbocycles. The highest BCUT2D eigenvalue weighted by atomic mass is 28.4. The third-order valence-corrected chi connectivity index (χ3v) is 17.0. The Morgan fingerprint density at radius 1 is 0.738 bits per heavy atom. The van der Waals surface area contributed by atoms with Gasteiger partial charge in [0.15, 0.2) is 8.32 Å². The summed E-state index contributed by atoms with van der Waals surface area (Å²) in [6.07, 6.45) is 19.9. The second kappa shape index (κ2) is 29.6. The summed E-state index contributed by atoms with van der Waals surface area (Å²) < 4.78 is 59.4. The summed E-state index contributed by atoms with van der Waals surface area (Å²) in [6.45, 7) is 16.1. The van der Waals surface area contributed by atoms with Gasteiger partial charge in [0.05, 0.1) is 36.6 Å². The number of carbonyl (C=O) groups excluding carboxylic acids is 1. The molecule has 0 bridgehead atoms. The van der Waals surface area contributed by atoms with Crippen LogP contribution in [0.25, 0.3) is 0 Å². The van der Waals surface area contributed by atoms with E-state index >= 15 is 0 Å². The van der Waals surface area contributed by atoms with E-state index < -0.39 is 14.4 Å². The maximum Gasteiger partial charge on any atom is 0.334 e. The van der Waals surface area contributed by atoms with E-state index in [1.54, 1.807) is 21.3 Å². The topological polar surface area (TPSA) is 109 Å². The number of unbranched alkanes of at least 4 members (excludes halogenated alkanes) is 7. The van der Waals surface area contributed by atoms with E-state index in [9.17, 15) is 4.79 Å². The molecule has 3 aliphatic rings. The monoisotopic (exact) mass is 877 g/mol. The zero-order valence-electron chi connectivity index (χ0n) is 39.8. The molecular weight excluding hydrogens is 793 g/mol. The first-order valence-corrected chi connectivity index (χ1v) is 26.4. The summed E-state index contributed by atoms with van der Waals surface area (Å²) in [5.41, 5.74) is 0.631. The second-order valence-corrected chi connectivity index (χ2v) is 23.4. The fraction of sp³-hybridized carbons (Fsp3) is 0.857. The quantitative estimate of drug-likeness (QED) is 0.0226. The summed E-state index contributed by atoms with van der Waals surface area (Å²) in [6, 6.07) is 0. The summed E-state index contributed by atoms with van der Waals surface area (Å²) in [5, 5.41) is 0.0751. The first-order chi connectivity index (χ1) is 29.3. The molecule has 12 heteroatoms. The molecule has 3 rings (SSSR count). The maximum absolute atomic E-state index is 12.2. The predicted molar refractivity (Wildman–Crippen MR) is 242 cm³/mol. The fourth-order valence-electron chi connectivity index (χ4n) is 7.97. The molecule has 350 valence electrons. The zero-order valence-corrected chi connectivity index (χ0v) is 40.8. The molecule has 9 atom stereocenters. The molecule has 0 aromatic heterocycles. The van der Waals surface area contributed by atoms with Crippen LogP contribution in [-0.4, -0.2) is 111 Å². The first-order valence-electron chi connectivity index (χ1n) is 23.5. The van der Waals surface area contributed by atoms with Gasteiger partial charge in [-0.05, 0) is 76.1 Å². The maximum atomic E-state index is 12.2. The lowest BCUT2D eigenvalue weighted by Crippen LogP contribution is -2.43. The molecular formula is C49H84O11Si. The minimum atomic E-state index is -2.05. The number of hydrogen-bond donors (Lipinski definition) is 0. The predicted octanol–water partition coefficient (Wildman–Crippen LogP) is 10.2. The Balaban J connectivity index is 1.55. The zero-order chi connectivity index (χ0) is 44.5. The lowest BCUT2D eigenvalue weighted by atomic mass is 10.0. The summed E-state index contributed by atoms with van der Waals surface area (Å²) in [4.78, 5) is 12.2. The van der Waals surface area contributed by atoms with Crippen molar-refractivity contribution in [1.29, 1.82) is 0 Å². The first kappa shape index (κ1) is 53.5. The average Bonchev–Trinajstić information content (AvgIpc) is 3.98. The molecule has 0 saturated carbocycles. The van der Waals surface area contributed by atoms with Crippen LogP contribution in [0.4, 0.5) is 0 Å². The smallest absolute Gasteiger partial charge is 0.334 e. The Morgan fingerprint density at radius 3 is 1.95 bits per heavy atom. The van der Waals surface area contributed by atoms with Crippen molar-refractivity contribution in [3.8, 4) is 23.7 Å². The van der Waals surface area contributed by atoms with Crippen molar-refractivity contribution >= 4 is 14.3 Å². The fourth-order valence-corrected chi connectivity index (χ4v) is 9.39. The van der Waals surface area contributed by atoms with Crippen LogP contribution in [0.2, 0.25) is 18.1 Å². The Kier molecular flexibility index (Phi) is 26.0. The van der Waals surface area contributed by atoms with E-state index in [1.807, 2.05) is 13.0 Å². The van der Waals surface area contributed by atoms with Crippen molar-refractivity contribution in [2.75, 3.05) is 41.7 Å². The third kappa shape index (κ3) is 20.3. The van der Waals surface area contributed by atoms with E-state index in [2.05, 4.69) is 64.5 Å². The van der Waals surface area contributed by atoms with Crippen LogP contribution < -0.4 is 0 Å². The average molecular weight is 877 g/mol. The van der Waals surface area contributed by atoms with Crippen molar-refractivity contribution in [3.63, 3.8) is 0 Å². The van der Waals surface area contributed by atoms with Gasteiger partial charge in [-0.3, -0.25) is 0 Å². The normalized spacial score (nSPS) is 23.7. The number of ether oxygens (including phenoxy) is 9. The van der Waals surface area contributed by atoms with Crippen LogP contribution in [0.5, 0.6) is 0 Å². The molecule has 0 amide bonds. The molecule has 0 aromatic carbocycles. The van der Waals surface area contributed by atoms with Gasteiger partial charge in [0.25, 0.3) is 0 Å². The van der Waals surface area contributed by atoms with Crippen LogP contribution in [0, 0.1) is 23.7 Å². The van der Waals surface area contributed by atoms with E-state index in [1.165, 1.54) is 44.9 Å². The highest BCUT2D eigenvalue weighted by Crippen LogP contribution is 2.39. The van der Waals surface area contributed by atoms with Gasteiger partial charge in [-0.25, -0.2) is 4.79 Å². The number of hydrogen-bond acceptors (Lipinski definition) is 11. The van der Waals surface area contributed by atoms with E-state index in [0.717, 1.165) is 51.4 Å². The molecule has 2 saturated heterocycles. The van der Waals surface area contributed by atoms with Gasteiger partial charge in [0, 0.05) is 58.7 Å². The lowest BCUT2D eigenvalue weighted by Gasteiger charge is -2.39. The molecule has 9 unspecified atom stereocenters. The Morgan fingerprint density at radius 2 is 1.33 bits per heavy atom. The molecule has 11 nitrogen and oxygen atoms in total. The SMILES string of the molecule is CCCCCCCCCCC(OCOC)C1CCC(C2CCC(C(C#CCCC(CCC#CCC(CC3=CC(C)OC3=O)OCOC)O[Si](C)(C)C(C)(C)C)OCOC)O2)O1. The molecule has 3 aliphatic heterocycles. The molecule has 0 radical (unpaired) electrons. The standard InChI is InChI=1S/C49H84O11Si/c1-11-12-13-14-15-16-17-21-27-42(55-36-52-7)44-29-31-46(58-44)47-32-30-45(59-47)43(56-37-53-8)28-23-22-25-40(60-61(9,10)49(3,4)5)24-19-18-20-26-41(54-35-51-6)34-39-33-38(2)57-48(39)50/h33,38,40-47H,11-17,19,21-22,24-27,29-32,34-37H2,1-10H3. The number of methoxy groups -OCH3 is 3. The van der Waals surface area contributed by atoms with Gasteiger partial charge >= 0.3 is 5.97 Å². The van der Waals surface area contributed by atoms with Gasteiger partial charge in [-0.1, -0.05) is 85.0 Å². The van der Waals surface area contributed by atoms with Crippen LogP contribution in [-0.2, 0) is 51.9 Å². The number of rotatable bonds is 30. The van der Waals surface area contributed by atoms with Crippen LogP contribution in [0.1, 0.15) is 157 Å². The van der Waals surface area contributed by atoms with Crippen molar-refractivity contribution in [2.45, 2.75) is 230 Å². The number of esters is 1. The number of carbonyl (C=O) groups is 1. The Labute approximate surface area is 371 Å². The number of cyclic esters (lactones) is 1. The Bertz CT molecular complexity index is 1370. The summed E-state index contributed by atoms with van der Waals surface area (Å²) >= 11 is 0. The van der Waals surface area contributed by atoms with Crippen molar-refractivity contribution in [2.24, 2.45) is 0 Å². The van der Waals surface area contributed by atoms with Gasteiger partial charge < -0.3 is 47.1 Å². The second-order valence-electron chi connectivity index (χ2n) is 18.6. The van der Waals surface area contributed by atoms with E-state index in [-0.39, 0.29) is 80.2 Å². The minimum absolute atomic E-state index is 0.00180. The van der Waals surface area contributed by atoms with E-state index in [4.69, 9.17) is 47.1 Å². The van der Waals surface area contributed by atoms with Gasteiger partial charge in [0.1, 0.15) is 32.6 Å². The molecule has 2 fully saturated rings. The largest absolute Gasteiger partial charge is 0.455 e. The molecule has 61 heavy (non-hydrogen) atoms. The van der Waals surface area contributed by atoms with Crippen molar-refractivity contribution in [3.05, 3.63) is 11.6 Å². The summed E-state index contributed by atoms with van der Waals surface area (Å²) in [5.74, 6) is 13.2. The van der Waals surface area contributed by atoms with Crippen LogP contribution >= 0.6 is 0 Å². The van der Waals surface area contributed by atoms with Crippen molar-refractivity contribution < 1.29 is 51.9 Å². The van der Waals surface area contributed by atoms with Gasteiger partial charge in [-0.15, -0.1) is 17.8 Å². The van der Waals surface area contributed by atoms with Crippen LogP contribution in [0.15, 0.2) is 11.6 Å². The highest BCUT2D eigenvalue weighted by molar-refractivity contribution is 6.74. The van der Waals surface area contributed by atoms with Crippen molar-refractivity contribution in [1.82, 2.24) is 0 Å². The van der Waals surface area contributed by atoms with E-state index in [0.29, 0.717) is 31.3 Å². The van der Waals surface area contributed by atoms with Gasteiger partial charge in [0.2, 0.25) is 0 Å². The molecule has 3 heterocycles. The third-order valence-electron chi connectivity index (χ3n) is 12.5. The summed E-state index contributed by atoms with van der Waals surface area (Å²) in [7, 11) is 2.85. The lowest BCUT2D eigenvalue weighted by molar-refractivity contribution is -0.150. The minimum Gasteiger partial charge on any atom is -0.455 e.